The topological polar surface area (TPSA) is 68.5 Å². The summed E-state index contributed by atoms with van der Waals surface area (Å²) in [5.74, 6) is 0.435. The zero-order valence-electron chi connectivity index (χ0n) is 10.8. The number of aromatic nitrogens is 5. The molecule has 0 aliphatic carbocycles. The van der Waals surface area contributed by atoms with E-state index in [0.29, 0.717) is 13.0 Å². The lowest BCUT2D eigenvalue weighted by Gasteiger charge is -2.08. The maximum absolute atomic E-state index is 12.0. The molecule has 0 unspecified atom stereocenters. The van der Waals surface area contributed by atoms with Crippen LogP contribution in [0.3, 0.4) is 0 Å². The van der Waals surface area contributed by atoms with Gasteiger partial charge in [0.25, 0.3) is 5.95 Å². The zero-order chi connectivity index (χ0) is 15.3. The molecule has 6 nitrogen and oxygen atoms in total. The molecular formula is C11H12ClF3N6. The third-order valence-electron chi connectivity index (χ3n) is 2.48. The van der Waals surface area contributed by atoms with Crippen LogP contribution >= 0.6 is 11.6 Å². The first kappa shape index (κ1) is 15.5. The Balaban J connectivity index is 1.89. The summed E-state index contributed by atoms with van der Waals surface area (Å²) < 4.78 is 37.4. The molecule has 2 rings (SSSR count). The number of anilines is 1. The van der Waals surface area contributed by atoms with Crippen LogP contribution in [0.2, 0.25) is 5.28 Å². The minimum Gasteiger partial charge on any atom is -0.354 e. The van der Waals surface area contributed by atoms with Crippen LogP contribution in [0.25, 0.3) is 5.95 Å². The second kappa shape index (κ2) is 6.70. The number of nitrogens with zero attached hydrogens (tertiary/aromatic N) is 5. The summed E-state index contributed by atoms with van der Waals surface area (Å²) in [7, 11) is 0. The van der Waals surface area contributed by atoms with E-state index >= 15 is 0 Å². The molecule has 114 valence electrons. The van der Waals surface area contributed by atoms with Gasteiger partial charge in [-0.3, -0.25) is 0 Å². The second-order valence-corrected chi connectivity index (χ2v) is 4.52. The molecule has 2 heterocycles. The lowest BCUT2D eigenvalue weighted by Crippen LogP contribution is -2.12. The maximum Gasteiger partial charge on any atom is 0.389 e. The van der Waals surface area contributed by atoms with Crippen LogP contribution in [0.5, 0.6) is 0 Å². The number of hydrogen-bond acceptors (Lipinski definition) is 5. The number of halogens is 4. The summed E-state index contributed by atoms with van der Waals surface area (Å²) in [6, 6.07) is 1.70. The third-order valence-corrected chi connectivity index (χ3v) is 2.64. The number of rotatable bonds is 6. The fraction of sp³-hybridized carbons (Fsp3) is 0.455. The number of alkyl halides is 3. The average Bonchev–Trinajstić information content (AvgIpc) is 2.90. The van der Waals surface area contributed by atoms with Gasteiger partial charge in [0.1, 0.15) is 0 Å². The van der Waals surface area contributed by atoms with Gasteiger partial charge < -0.3 is 5.32 Å². The minimum atomic E-state index is -4.12. The highest BCUT2D eigenvalue weighted by atomic mass is 35.5. The van der Waals surface area contributed by atoms with E-state index in [1.54, 1.807) is 18.5 Å². The molecule has 0 aromatic carbocycles. The van der Waals surface area contributed by atoms with E-state index in [1.165, 1.54) is 4.68 Å². The van der Waals surface area contributed by atoms with Crippen molar-refractivity contribution in [1.82, 2.24) is 24.7 Å². The van der Waals surface area contributed by atoms with Crippen molar-refractivity contribution in [2.75, 3.05) is 11.9 Å². The van der Waals surface area contributed by atoms with Gasteiger partial charge >= 0.3 is 6.18 Å². The van der Waals surface area contributed by atoms with E-state index in [4.69, 9.17) is 11.6 Å². The molecule has 2 aromatic rings. The van der Waals surface area contributed by atoms with E-state index in [1.807, 2.05) is 0 Å². The first-order valence-corrected chi connectivity index (χ1v) is 6.54. The van der Waals surface area contributed by atoms with Gasteiger partial charge in [0.15, 0.2) is 0 Å². The van der Waals surface area contributed by atoms with Crippen molar-refractivity contribution in [1.29, 1.82) is 0 Å². The van der Waals surface area contributed by atoms with E-state index in [2.05, 4.69) is 25.4 Å². The molecule has 0 fully saturated rings. The largest absolute Gasteiger partial charge is 0.389 e. The van der Waals surface area contributed by atoms with E-state index in [0.717, 1.165) is 0 Å². The molecule has 2 aromatic heterocycles. The Labute approximate surface area is 123 Å². The summed E-state index contributed by atoms with van der Waals surface area (Å²) in [5.41, 5.74) is 0. The minimum absolute atomic E-state index is 0.0201. The van der Waals surface area contributed by atoms with Gasteiger partial charge in [-0.1, -0.05) is 0 Å². The summed E-state index contributed by atoms with van der Waals surface area (Å²) in [5, 5.41) is 6.76. The molecule has 0 aliphatic heterocycles. The Morgan fingerprint density at radius 2 is 2.00 bits per heavy atom. The van der Waals surface area contributed by atoms with Crippen molar-refractivity contribution >= 4 is 17.5 Å². The predicted octanol–water partition coefficient (Wildman–Crippen LogP) is 2.86. The van der Waals surface area contributed by atoms with Crippen LogP contribution in [0.15, 0.2) is 18.5 Å². The standard InChI is InChI=1S/C11H12ClF3N6/c12-8-18-9(16-5-2-1-4-11(13,14)15)20-10(19-8)21-7-3-6-17-21/h3,6-7H,1-2,4-5H2,(H,16,18,19,20). The Bertz CT molecular complexity index is 572. The summed E-state index contributed by atoms with van der Waals surface area (Å²) >= 11 is 5.77. The zero-order valence-corrected chi connectivity index (χ0v) is 11.6. The predicted molar refractivity (Wildman–Crippen MR) is 70.4 cm³/mol. The van der Waals surface area contributed by atoms with Gasteiger partial charge in [0, 0.05) is 25.4 Å². The molecular weight excluding hydrogens is 309 g/mol. The van der Waals surface area contributed by atoms with Crippen LogP contribution < -0.4 is 5.32 Å². The van der Waals surface area contributed by atoms with Gasteiger partial charge in [0.05, 0.1) is 0 Å². The lowest BCUT2D eigenvalue weighted by molar-refractivity contribution is -0.135. The molecule has 0 aliphatic rings. The Hall–Kier alpha value is -1.90. The van der Waals surface area contributed by atoms with Crippen molar-refractivity contribution in [2.24, 2.45) is 0 Å². The number of nitrogens with one attached hydrogen (secondary N) is 1. The molecule has 0 bridgehead atoms. The fourth-order valence-corrected chi connectivity index (χ4v) is 1.71. The Morgan fingerprint density at radius 3 is 2.67 bits per heavy atom. The number of hydrogen-bond donors (Lipinski definition) is 1. The molecule has 0 atom stereocenters. The van der Waals surface area contributed by atoms with Gasteiger partial charge in [-0.05, 0) is 30.5 Å². The Kier molecular flexibility index (Phi) is 4.94. The Morgan fingerprint density at radius 1 is 1.19 bits per heavy atom. The average molecular weight is 321 g/mol. The van der Waals surface area contributed by atoms with Crippen LogP contribution in [-0.2, 0) is 0 Å². The van der Waals surface area contributed by atoms with Crippen LogP contribution in [0, 0.1) is 0 Å². The van der Waals surface area contributed by atoms with Crippen molar-refractivity contribution in [3.63, 3.8) is 0 Å². The van der Waals surface area contributed by atoms with Crippen molar-refractivity contribution in [3.8, 4) is 5.95 Å². The molecule has 10 heteroatoms. The highest BCUT2D eigenvalue weighted by Gasteiger charge is 2.25. The van der Waals surface area contributed by atoms with Gasteiger partial charge in [-0.2, -0.15) is 33.2 Å². The molecule has 0 amide bonds. The SMILES string of the molecule is FC(F)(F)CCCCNc1nc(Cl)nc(-n2cccn2)n1. The quantitative estimate of drug-likeness (QED) is 0.829. The second-order valence-electron chi connectivity index (χ2n) is 4.18. The highest BCUT2D eigenvalue weighted by molar-refractivity contribution is 6.28. The third kappa shape index (κ3) is 5.18. The van der Waals surface area contributed by atoms with E-state index in [-0.39, 0.29) is 23.6 Å². The van der Waals surface area contributed by atoms with Gasteiger partial charge in [0.2, 0.25) is 11.2 Å². The fourth-order valence-electron chi connectivity index (χ4n) is 1.56. The highest BCUT2D eigenvalue weighted by Crippen LogP contribution is 2.22. The van der Waals surface area contributed by atoms with Gasteiger partial charge in [-0.15, -0.1) is 0 Å². The van der Waals surface area contributed by atoms with Crippen LogP contribution in [0.1, 0.15) is 19.3 Å². The van der Waals surface area contributed by atoms with Crippen molar-refractivity contribution in [3.05, 3.63) is 23.7 Å². The maximum atomic E-state index is 12.0. The van der Waals surface area contributed by atoms with Crippen molar-refractivity contribution < 1.29 is 13.2 Å². The first-order chi connectivity index (χ1) is 9.94. The molecule has 21 heavy (non-hydrogen) atoms. The summed E-state index contributed by atoms with van der Waals surface area (Å²) in [4.78, 5) is 11.8. The van der Waals surface area contributed by atoms with Crippen molar-refractivity contribution in [2.45, 2.75) is 25.4 Å². The van der Waals surface area contributed by atoms with Crippen LogP contribution in [0.4, 0.5) is 19.1 Å². The number of unbranched alkanes of at least 4 members (excludes halogenated alkanes) is 1. The van der Waals surface area contributed by atoms with Crippen LogP contribution in [-0.4, -0.2) is 37.5 Å². The van der Waals surface area contributed by atoms with E-state index in [9.17, 15) is 13.2 Å². The summed E-state index contributed by atoms with van der Waals surface area (Å²) in [6.07, 6.45) is -1.34. The molecule has 0 saturated carbocycles. The monoisotopic (exact) mass is 320 g/mol. The molecule has 0 spiro atoms. The smallest absolute Gasteiger partial charge is 0.354 e. The molecule has 0 radical (unpaired) electrons. The lowest BCUT2D eigenvalue weighted by atomic mass is 10.2. The summed E-state index contributed by atoms with van der Waals surface area (Å²) in [6.45, 7) is 0.314. The van der Waals surface area contributed by atoms with Gasteiger partial charge in [-0.25, -0.2) is 4.68 Å². The first-order valence-electron chi connectivity index (χ1n) is 6.16. The normalized spacial score (nSPS) is 11.6. The van der Waals surface area contributed by atoms with E-state index < -0.39 is 12.6 Å². The molecule has 0 saturated heterocycles. The molecule has 1 N–H and O–H groups in total.